The zero-order valence-corrected chi connectivity index (χ0v) is 12.2. The fourth-order valence-electron chi connectivity index (χ4n) is 2.05. The van der Waals surface area contributed by atoms with Crippen molar-refractivity contribution >= 4 is 29.3 Å². The molecular weight excluding hydrogens is 266 g/mol. The van der Waals surface area contributed by atoms with E-state index in [4.69, 9.17) is 11.6 Å². The van der Waals surface area contributed by atoms with Crippen LogP contribution in [0.4, 0.5) is 0 Å². The largest absolute Gasteiger partial charge is 0.351 e. The van der Waals surface area contributed by atoms with E-state index < -0.39 is 0 Å². The van der Waals surface area contributed by atoms with Crippen LogP contribution in [-0.2, 0) is 4.79 Å². The van der Waals surface area contributed by atoms with E-state index in [-0.39, 0.29) is 17.9 Å². The Morgan fingerprint density at radius 3 is 2.89 bits per heavy atom. The molecule has 98 valence electrons. The predicted molar refractivity (Wildman–Crippen MR) is 77.4 cm³/mol. The van der Waals surface area contributed by atoms with Crippen LogP contribution in [0.1, 0.15) is 25.3 Å². The van der Waals surface area contributed by atoms with E-state index in [1.807, 2.05) is 18.2 Å². The molecule has 0 saturated carbocycles. The highest BCUT2D eigenvalue weighted by atomic mass is 35.5. The van der Waals surface area contributed by atoms with E-state index in [1.165, 1.54) is 4.90 Å². The summed E-state index contributed by atoms with van der Waals surface area (Å²) < 4.78 is 0. The van der Waals surface area contributed by atoms with Crippen molar-refractivity contribution in [2.24, 2.45) is 5.92 Å². The highest BCUT2D eigenvalue weighted by molar-refractivity contribution is 7.99. The van der Waals surface area contributed by atoms with Crippen molar-refractivity contribution in [3.05, 3.63) is 29.8 Å². The Balaban J connectivity index is 2.07. The average Bonchev–Trinajstić information content (AvgIpc) is 2.79. The number of amides is 1. The summed E-state index contributed by atoms with van der Waals surface area (Å²) in [4.78, 5) is 13.5. The Kier molecular flexibility index (Phi) is 4.57. The number of thioether (sulfide) groups is 1. The lowest BCUT2D eigenvalue weighted by atomic mass is 9.99. The van der Waals surface area contributed by atoms with E-state index in [2.05, 4.69) is 25.2 Å². The molecule has 4 heteroatoms. The van der Waals surface area contributed by atoms with Crippen LogP contribution >= 0.6 is 23.4 Å². The Bertz CT molecular complexity index is 436. The molecule has 0 aromatic heterocycles. The van der Waals surface area contributed by atoms with Gasteiger partial charge in [-0.2, -0.15) is 0 Å². The molecule has 2 unspecified atom stereocenters. The van der Waals surface area contributed by atoms with Gasteiger partial charge in [-0.1, -0.05) is 32.0 Å². The summed E-state index contributed by atoms with van der Waals surface area (Å²) in [6, 6.07) is 8.19. The van der Waals surface area contributed by atoms with Gasteiger partial charge in [0.2, 0.25) is 5.91 Å². The first-order chi connectivity index (χ1) is 8.63. The van der Waals surface area contributed by atoms with Gasteiger partial charge in [0, 0.05) is 22.6 Å². The fourth-order valence-corrected chi connectivity index (χ4v) is 3.71. The summed E-state index contributed by atoms with van der Waals surface area (Å²) in [7, 11) is 0. The molecule has 1 aromatic carbocycles. The van der Waals surface area contributed by atoms with Crippen molar-refractivity contribution in [2.75, 3.05) is 11.6 Å². The Morgan fingerprint density at radius 1 is 1.50 bits per heavy atom. The summed E-state index contributed by atoms with van der Waals surface area (Å²) in [5.74, 6) is 1.72. The van der Waals surface area contributed by atoms with Gasteiger partial charge >= 0.3 is 0 Å². The zero-order chi connectivity index (χ0) is 13.1. The molecule has 0 radical (unpaired) electrons. The summed E-state index contributed by atoms with van der Waals surface area (Å²) in [6.07, 6.45) is 0. The molecule has 2 rings (SSSR count). The third kappa shape index (κ3) is 2.83. The number of fused-ring (bicyclic) bond motifs is 1. The van der Waals surface area contributed by atoms with E-state index in [9.17, 15) is 4.79 Å². The number of nitrogens with one attached hydrogen (secondary N) is 1. The third-order valence-electron chi connectivity index (χ3n) is 3.32. The number of carbonyl (C=O) groups is 1. The summed E-state index contributed by atoms with van der Waals surface area (Å²) in [6.45, 7) is 4.15. The van der Waals surface area contributed by atoms with Crippen LogP contribution in [-0.4, -0.2) is 23.6 Å². The smallest absolute Gasteiger partial charge is 0.228 e. The van der Waals surface area contributed by atoms with Crippen LogP contribution < -0.4 is 5.32 Å². The second kappa shape index (κ2) is 5.98. The number of hydrogen-bond donors (Lipinski definition) is 1. The van der Waals surface area contributed by atoms with E-state index >= 15 is 0 Å². The van der Waals surface area contributed by atoms with Gasteiger partial charge in [-0.25, -0.2) is 0 Å². The van der Waals surface area contributed by atoms with Crippen LogP contribution in [0.5, 0.6) is 0 Å². The van der Waals surface area contributed by atoms with Crippen LogP contribution in [0.3, 0.4) is 0 Å². The molecule has 0 aliphatic carbocycles. The average molecular weight is 284 g/mol. The van der Waals surface area contributed by atoms with Gasteiger partial charge in [0.25, 0.3) is 0 Å². The van der Waals surface area contributed by atoms with E-state index in [0.29, 0.717) is 11.8 Å². The molecule has 1 aromatic rings. The van der Waals surface area contributed by atoms with Gasteiger partial charge in [-0.05, 0) is 17.5 Å². The number of halogens is 1. The van der Waals surface area contributed by atoms with Crippen molar-refractivity contribution < 1.29 is 4.79 Å². The van der Waals surface area contributed by atoms with Crippen LogP contribution in [0.2, 0.25) is 0 Å². The fraction of sp³-hybridized carbons (Fsp3) is 0.500. The van der Waals surface area contributed by atoms with Crippen LogP contribution in [0.15, 0.2) is 29.2 Å². The monoisotopic (exact) mass is 283 g/mol. The first-order valence-corrected chi connectivity index (χ1v) is 7.73. The highest BCUT2D eigenvalue weighted by Gasteiger charge is 2.30. The molecule has 1 amide bonds. The standard InChI is InChI=1S/C14H18ClNOS/c1-9(2)12(7-15)16-14(17)11-8-18-13-6-4-3-5-10(11)13/h3-6,9,11-12H,7-8H2,1-2H3,(H,16,17). The van der Waals surface area contributed by atoms with Crippen molar-refractivity contribution in [3.8, 4) is 0 Å². The van der Waals surface area contributed by atoms with Gasteiger partial charge in [0.1, 0.15) is 0 Å². The Hall–Kier alpha value is -0.670. The maximum atomic E-state index is 12.3. The second-order valence-electron chi connectivity index (χ2n) is 4.91. The summed E-state index contributed by atoms with van der Waals surface area (Å²) in [5.41, 5.74) is 1.15. The molecule has 2 atom stereocenters. The zero-order valence-electron chi connectivity index (χ0n) is 10.7. The molecule has 18 heavy (non-hydrogen) atoms. The normalized spacial score (nSPS) is 19.7. The maximum absolute atomic E-state index is 12.3. The Labute approximate surface area is 117 Å². The molecule has 0 saturated heterocycles. The molecule has 1 aliphatic heterocycles. The Morgan fingerprint density at radius 2 is 2.22 bits per heavy atom. The predicted octanol–water partition coefficient (Wildman–Crippen LogP) is 3.26. The number of benzene rings is 1. The van der Waals surface area contributed by atoms with E-state index in [1.54, 1.807) is 11.8 Å². The third-order valence-corrected chi connectivity index (χ3v) is 4.83. The van der Waals surface area contributed by atoms with E-state index in [0.717, 1.165) is 11.3 Å². The minimum Gasteiger partial charge on any atom is -0.351 e. The van der Waals surface area contributed by atoms with Gasteiger partial charge in [0.05, 0.1) is 5.92 Å². The number of rotatable bonds is 4. The number of carbonyl (C=O) groups excluding carboxylic acids is 1. The maximum Gasteiger partial charge on any atom is 0.228 e. The first kappa shape index (κ1) is 13.8. The molecule has 0 spiro atoms. The lowest BCUT2D eigenvalue weighted by molar-refractivity contribution is -0.122. The topological polar surface area (TPSA) is 29.1 Å². The highest BCUT2D eigenvalue weighted by Crippen LogP contribution is 2.39. The summed E-state index contributed by atoms with van der Waals surface area (Å²) >= 11 is 7.65. The number of hydrogen-bond acceptors (Lipinski definition) is 2. The molecule has 0 fully saturated rings. The number of alkyl halides is 1. The van der Waals surface area contributed by atoms with Gasteiger partial charge in [0.15, 0.2) is 0 Å². The van der Waals surface area contributed by atoms with Crippen molar-refractivity contribution in [3.63, 3.8) is 0 Å². The lowest BCUT2D eigenvalue weighted by Crippen LogP contribution is -2.42. The minimum absolute atomic E-state index is 0.0318. The van der Waals surface area contributed by atoms with Gasteiger partial charge in [-0.3, -0.25) is 4.79 Å². The SMILES string of the molecule is CC(C)C(CCl)NC(=O)C1CSc2ccccc21. The first-order valence-electron chi connectivity index (χ1n) is 6.21. The van der Waals surface area contributed by atoms with Gasteiger partial charge in [-0.15, -0.1) is 23.4 Å². The molecule has 0 bridgehead atoms. The molecule has 1 heterocycles. The molecular formula is C14H18ClNOS. The quantitative estimate of drug-likeness (QED) is 0.860. The van der Waals surface area contributed by atoms with Crippen LogP contribution in [0, 0.1) is 5.92 Å². The lowest BCUT2D eigenvalue weighted by Gasteiger charge is -2.22. The van der Waals surface area contributed by atoms with Crippen molar-refractivity contribution in [2.45, 2.75) is 30.7 Å². The minimum atomic E-state index is -0.0318. The second-order valence-corrected chi connectivity index (χ2v) is 6.29. The van der Waals surface area contributed by atoms with Crippen LogP contribution in [0.25, 0.3) is 0 Å². The molecule has 1 N–H and O–H groups in total. The van der Waals surface area contributed by atoms with Crippen molar-refractivity contribution in [1.82, 2.24) is 5.32 Å². The summed E-state index contributed by atoms with van der Waals surface area (Å²) in [5, 5.41) is 3.06. The molecule has 1 aliphatic rings. The molecule has 2 nitrogen and oxygen atoms in total. The van der Waals surface area contributed by atoms with Gasteiger partial charge < -0.3 is 5.32 Å². The van der Waals surface area contributed by atoms with Crippen molar-refractivity contribution in [1.29, 1.82) is 0 Å².